The molecular weight excluding hydrogens is 208 g/mol. The van der Waals surface area contributed by atoms with Gasteiger partial charge >= 0.3 is 0 Å². The Labute approximate surface area is 97.9 Å². The number of hydrogen-bond acceptors (Lipinski definition) is 6. The molecule has 0 rings (SSSR count). The van der Waals surface area contributed by atoms with E-state index in [0.717, 1.165) is 26.2 Å². The van der Waals surface area contributed by atoms with Crippen LogP contribution in [-0.2, 0) is 4.74 Å². The summed E-state index contributed by atoms with van der Waals surface area (Å²) in [5.74, 6) is 0. The zero-order valence-electron chi connectivity index (χ0n) is 10.2. The van der Waals surface area contributed by atoms with Crippen LogP contribution in [0.15, 0.2) is 0 Å². The van der Waals surface area contributed by atoms with Crippen LogP contribution in [0.4, 0.5) is 0 Å². The SMILES string of the molecule is COCC(O)CNCCN(CCN)CCN. The van der Waals surface area contributed by atoms with Crippen LogP contribution in [0.1, 0.15) is 0 Å². The maximum atomic E-state index is 9.38. The van der Waals surface area contributed by atoms with Gasteiger partial charge in [-0.3, -0.25) is 4.90 Å². The quantitative estimate of drug-likeness (QED) is 0.303. The van der Waals surface area contributed by atoms with Gasteiger partial charge in [-0.25, -0.2) is 0 Å². The molecule has 6 nitrogen and oxygen atoms in total. The Hall–Kier alpha value is -0.240. The van der Waals surface area contributed by atoms with Gasteiger partial charge in [0.15, 0.2) is 0 Å². The zero-order valence-corrected chi connectivity index (χ0v) is 10.2. The monoisotopic (exact) mass is 234 g/mol. The summed E-state index contributed by atoms with van der Waals surface area (Å²) in [5.41, 5.74) is 11.0. The molecule has 0 aromatic rings. The highest BCUT2D eigenvalue weighted by molar-refractivity contribution is 4.63. The van der Waals surface area contributed by atoms with Gasteiger partial charge in [-0.05, 0) is 0 Å². The minimum atomic E-state index is -0.442. The summed E-state index contributed by atoms with van der Waals surface area (Å²) in [6.45, 7) is 5.64. The fourth-order valence-electron chi connectivity index (χ4n) is 1.46. The van der Waals surface area contributed by atoms with E-state index in [1.54, 1.807) is 7.11 Å². The summed E-state index contributed by atoms with van der Waals surface area (Å²) in [5, 5.41) is 12.5. The Balaban J connectivity index is 3.45. The average molecular weight is 234 g/mol. The first-order valence-electron chi connectivity index (χ1n) is 5.74. The van der Waals surface area contributed by atoms with Crippen molar-refractivity contribution in [2.45, 2.75) is 6.10 Å². The Kier molecular flexibility index (Phi) is 11.1. The molecule has 16 heavy (non-hydrogen) atoms. The fourth-order valence-corrected chi connectivity index (χ4v) is 1.46. The van der Waals surface area contributed by atoms with Crippen molar-refractivity contribution in [2.24, 2.45) is 11.5 Å². The van der Waals surface area contributed by atoms with E-state index in [-0.39, 0.29) is 0 Å². The molecular formula is C10H26N4O2. The van der Waals surface area contributed by atoms with Gasteiger partial charge in [-0.2, -0.15) is 0 Å². The number of aliphatic hydroxyl groups excluding tert-OH is 1. The Morgan fingerprint density at radius 1 is 1.25 bits per heavy atom. The maximum absolute atomic E-state index is 9.38. The Morgan fingerprint density at radius 2 is 1.88 bits per heavy atom. The van der Waals surface area contributed by atoms with Gasteiger partial charge in [-0.1, -0.05) is 0 Å². The third-order valence-electron chi connectivity index (χ3n) is 2.23. The Morgan fingerprint density at radius 3 is 2.38 bits per heavy atom. The van der Waals surface area contributed by atoms with Crippen molar-refractivity contribution in [3.8, 4) is 0 Å². The standard InChI is InChI=1S/C10H26N4O2/c1-16-9-10(15)8-13-4-7-14(5-2-11)6-3-12/h10,13,15H,2-9,11-12H2,1H3. The van der Waals surface area contributed by atoms with Gasteiger partial charge in [0.25, 0.3) is 0 Å². The first-order chi connectivity index (χ1) is 7.74. The molecule has 0 spiro atoms. The lowest BCUT2D eigenvalue weighted by molar-refractivity contribution is 0.0642. The number of nitrogens with one attached hydrogen (secondary N) is 1. The second-order valence-electron chi connectivity index (χ2n) is 3.73. The number of hydrogen-bond donors (Lipinski definition) is 4. The molecule has 0 aliphatic rings. The van der Waals surface area contributed by atoms with Crippen molar-refractivity contribution < 1.29 is 9.84 Å². The van der Waals surface area contributed by atoms with Gasteiger partial charge < -0.3 is 26.6 Å². The fraction of sp³-hybridized carbons (Fsp3) is 1.00. The second kappa shape index (κ2) is 11.3. The van der Waals surface area contributed by atoms with E-state index in [9.17, 15) is 5.11 Å². The van der Waals surface area contributed by atoms with Gasteiger partial charge in [-0.15, -0.1) is 0 Å². The van der Waals surface area contributed by atoms with E-state index in [2.05, 4.69) is 10.2 Å². The highest BCUT2D eigenvalue weighted by Crippen LogP contribution is 1.85. The molecule has 0 aromatic heterocycles. The summed E-state index contributed by atoms with van der Waals surface area (Å²) < 4.78 is 4.83. The van der Waals surface area contributed by atoms with Crippen molar-refractivity contribution in [1.29, 1.82) is 0 Å². The van der Waals surface area contributed by atoms with E-state index >= 15 is 0 Å². The molecule has 1 unspecified atom stereocenters. The van der Waals surface area contributed by atoms with E-state index < -0.39 is 6.10 Å². The van der Waals surface area contributed by atoms with Crippen molar-refractivity contribution >= 4 is 0 Å². The highest BCUT2D eigenvalue weighted by Gasteiger charge is 2.04. The number of ether oxygens (including phenoxy) is 1. The second-order valence-corrected chi connectivity index (χ2v) is 3.73. The van der Waals surface area contributed by atoms with Crippen LogP contribution in [-0.4, -0.2) is 75.6 Å². The smallest absolute Gasteiger partial charge is 0.0897 e. The molecule has 0 amide bonds. The van der Waals surface area contributed by atoms with Crippen LogP contribution in [0.25, 0.3) is 0 Å². The topological polar surface area (TPSA) is 96.8 Å². The predicted molar refractivity (Wildman–Crippen MR) is 65.3 cm³/mol. The molecule has 0 saturated carbocycles. The lowest BCUT2D eigenvalue weighted by Gasteiger charge is -2.21. The van der Waals surface area contributed by atoms with E-state index in [1.807, 2.05) is 0 Å². The van der Waals surface area contributed by atoms with Crippen LogP contribution in [0.3, 0.4) is 0 Å². The van der Waals surface area contributed by atoms with Crippen LogP contribution >= 0.6 is 0 Å². The summed E-state index contributed by atoms with van der Waals surface area (Å²) in [7, 11) is 1.58. The van der Waals surface area contributed by atoms with Gasteiger partial charge in [0.2, 0.25) is 0 Å². The van der Waals surface area contributed by atoms with E-state index in [0.29, 0.717) is 26.2 Å². The first-order valence-corrected chi connectivity index (χ1v) is 5.74. The number of rotatable bonds is 11. The molecule has 1 atom stereocenters. The summed E-state index contributed by atoms with van der Waals surface area (Å²) in [4.78, 5) is 2.20. The summed E-state index contributed by atoms with van der Waals surface area (Å²) in [6, 6.07) is 0. The number of methoxy groups -OCH3 is 1. The van der Waals surface area contributed by atoms with Crippen LogP contribution in [0.2, 0.25) is 0 Å². The van der Waals surface area contributed by atoms with Crippen molar-refractivity contribution in [3.05, 3.63) is 0 Å². The summed E-state index contributed by atoms with van der Waals surface area (Å²) >= 11 is 0. The number of aliphatic hydroxyl groups is 1. The minimum Gasteiger partial charge on any atom is -0.389 e. The lowest BCUT2D eigenvalue weighted by Crippen LogP contribution is -2.40. The van der Waals surface area contributed by atoms with Crippen LogP contribution in [0.5, 0.6) is 0 Å². The van der Waals surface area contributed by atoms with Crippen molar-refractivity contribution in [3.63, 3.8) is 0 Å². The number of nitrogens with two attached hydrogens (primary N) is 2. The van der Waals surface area contributed by atoms with E-state index in [4.69, 9.17) is 16.2 Å². The van der Waals surface area contributed by atoms with Gasteiger partial charge in [0.1, 0.15) is 0 Å². The van der Waals surface area contributed by atoms with Gasteiger partial charge in [0.05, 0.1) is 12.7 Å². The lowest BCUT2D eigenvalue weighted by atomic mass is 10.3. The van der Waals surface area contributed by atoms with Crippen molar-refractivity contribution in [2.75, 3.05) is 59.5 Å². The third kappa shape index (κ3) is 9.02. The largest absolute Gasteiger partial charge is 0.389 e. The predicted octanol–water partition coefficient (Wildman–Crippen LogP) is -2.20. The van der Waals surface area contributed by atoms with Crippen LogP contribution < -0.4 is 16.8 Å². The minimum absolute atomic E-state index is 0.363. The molecule has 0 radical (unpaired) electrons. The molecule has 0 heterocycles. The third-order valence-corrected chi connectivity index (χ3v) is 2.23. The molecule has 6 heteroatoms. The molecule has 0 fully saturated rings. The number of nitrogens with zero attached hydrogens (tertiary/aromatic N) is 1. The normalized spacial score (nSPS) is 13.3. The zero-order chi connectivity index (χ0) is 12.2. The first kappa shape index (κ1) is 15.8. The average Bonchev–Trinajstić information content (AvgIpc) is 2.25. The highest BCUT2D eigenvalue weighted by atomic mass is 16.5. The van der Waals surface area contributed by atoms with Crippen molar-refractivity contribution in [1.82, 2.24) is 10.2 Å². The Bertz CT molecular complexity index is 143. The molecule has 0 aliphatic heterocycles. The summed E-state index contributed by atoms with van der Waals surface area (Å²) in [6.07, 6.45) is -0.442. The molecule has 0 bridgehead atoms. The molecule has 0 saturated heterocycles. The molecule has 0 aromatic carbocycles. The van der Waals surface area contributed by atoms with Crippen LogP contribution in [0, 0.1) is 0 Å². The van der Waals surface area contributed by atoms with Gasteiger partial charge in [0, 0.05) is 52.9 Å². The maximum Gasteiger partial charge on any atom is 0.0897 e. The van der Waals surface area contributed by atoms with E-state index in [1.165, 1.54) is 0 Å². The molecule has 6 N–H and O–H groups in total. The molecule has 98 valence electrons. The molecule has 0 aliphatic carbocycles.